The fourth-order valence-corrected chi connectivity index (χ4v) is 6.01. The van der Waals surface area contributed by atoms with Crippen molar-refractivity contribution in [3.8, 4) is 11.8 Å². The monoisotopic (exact) mass is 531 g/mol. The lowest BCUT2D eigenvalue weighted by Crippen LogP contribution is -2.53. The molecular weight excluding hydrogens is 494 g/mol. The van der Waals surface area contributed by atoms with Gasteiger partial charge in [-0.3, -0.25) is 4.79 Å². The third kappa shape index (κ3) is 5.02. The third-order valence-electron chi connectivity index (χ3n) is 8.31. The highest BCUT2D eigenvalue weighted by Crippen LogP contribution is 2.47. The first kappa shape index (κ1) is 27.3. The van der Waals surface area contributed by atoms with E-state index in [1.165, 1.54) is 11.3 Å². The second-order valence-corrected chi connectivity index (χ2v) is 11.1. The molecule has 0 unspecified atom stereocenters. The summed E-state index contributed by atoms with van der Waals surface area (Å²) in [6.45, 7) is 8.78. The minimum atomic E-state index is -1.35. The molecule has 4 aromatic carbocycles. The molecule has 204 valence electrons. The number of para-hydroxylation sites is 1. The molecule has 0 radical (unpaired) electrons. The Morgan fingerprint density at radius 2 is 1.52 bits per heavy atom. The van der Waals surface area contributed by atoms with Gasteiger partial charge in [-0.1, -0.05) is 86.6 Å². The van der Waals surface area contributed by atoms with Crippen LogP contribution in [-0.2, 0) is 4.79 Å². The number of nitrogens with zero attached hydrogens (tertiary/aromatic N) is 3. The van der Waals surface area contributed by atoms with Gasteiger partial charge in [-0.05, 0) is 52.9 Å². The zero-order valence-electron chi connectivity index (χ0n) is 23.8. The van der Waals surface area contributed by atoms with E-state index in [1.807, 2.05) is 53.4 Å². The molecule has 1 fully saturated rings. The van der Waals surface area contributed by atoms with Crippen LogP contribution < -0.4 is 9.64 Å². The van der Waals surface area contributed by atoms with Gasteiger partial charge in [0.05, 0.1) is 13.2 Å². The number of carbonyl (C=O) groups is 1. The van der Waals surface area contributed by atoms with Gasteiger partial charge in [-0.2, -0.15) is 5.26 Å². The highest BCUT2D eigenvalue weighted by Gasteiger charge is 2.47. The lowest BCUT2D eigenvalue weighted by atomic mass is 9.68. The summed E-state index contributed by atoms with van der Waals surface area (Å²) in [6.07, 6.45) is 0. The van der Waals surface area contributed by atoms with Crippen molar-refractivity contribution in [1.82, 2.24) is 4.90 Å². The lowest BCUT2D eigenvalue weighted by molar-refractivity contribution is -0.139. The number of rotatable bonds is 7. The first-order chi connectivity index (χ1) is 19.4. The van der Waals surface area contributed by atoms with E-state index < -0.39 is 11.3 Å². The predicted molar refractivity (Wildman–Crippen MR) is 162 cm³/mol. The molecule has 0 saturated carbocycles. The summed E-state index contributed by atoms with van der Waals surface area (Å²) in [5.41, 5.74) is 2.93. The van der Waals surface area contributed by atoms with E-state index in [4.69, 9.17) is 4.74 Å². The molecule has 1 saturated heterocycles. The number of anilines is 1. The van der Waals surface area contributed by atoms with Gasteiger partial charge in [-0.25, -0.2) is 0 Å². The van der Waals surface area contributed by atoms with Crippen LogP contribution in [0.5, 0.6) is 5.75 Å². The Hall–Kier alpha value is -4.30. The molecule has 0 N–H and O–H groups in total. The van der Waals surface area contributed by atoms with Crippen molar-refractivity contribution in [1.29, 1.82) is 5.26 Å². The SMILES string of the molecule is COc1ccccc1[C@@H](c1cccc2ccccc12)[C@](C)(C#N)C(=O)N1CCN(c2cccc(C(C)C)c2)CC1. The number of hydrogen-bond donors (Lipinski definition) is 0. The maximum atomic E-state index is 14.4. The molecule has 1 aliphatic rings. The minimum Gasteiger partial charge on any atom is -0.496 e. The van der Waals surface area contributed by atoms with Gasteiger partial charge in [0.15, 0.2) is 0 Å². The van der Waals surface area contributed by atoms with Crippen LogP contribution in [0.25, 0.3) is 10.8 Å². The molecule has 0 bridgehead atoms. The Balaban J connectivity index is 1.51. The van der Waals surface area contributed by atoms with Crippen LogP contribution in [0.4, 0.5) is 5.69 Å². The van der Waals surface area contributed by atoms with Crippen molar-refractivity contribution in [3.05, 3.63) is 108 Å². The van der Waals surface area contributed by atoms with E-state index in [0.29, 0.717) is 24.8 Å². The number of methoxy groups -OCH3 is 1. The molecule has 0 aliphatic carbocycles. The number of carbonyl (C=O) groups excluding carboxylic acids is 1. The molecule has 1 aliphatic heterocycles. The molecule has 4 aromatic rings. The van der Waals surface area contributed by atoms with E-state index >= 15 is 0 Å². The second-order valence-electron chi connectivity index (χ2n) is 11.1. The van der Waals surface area contributed by atoms with Crippen LogP contribution in [0.1, 0.15) is 49.3 Å². The van der Waals surface area contributed by atoms with Gasteiger partial charge in [-0.15, -0.1) is 0 Å². The van der Waals surface area contributed by atoms with Crippen molar-refractivity contribution in [2.75, 3.05) is 38.2 Å². The van der Waals surface area contributed by atoms with Gasteiger partial charge < -0.3 is 14.5 Å². The quantitative estimate of drug-likeness (QED) is 0.258. The van der Waals surface area contributed by atoms with Gasteiger partial charge in [0.25, 0.3) is 0 Å². The Bertz CT molecular complexity index is 1540. The number of fused-ring (bicyclic) bond motifs is 1. The van der Waals surface area contributed by atoms with Crippen LogP contribution in [0.15, 0.2) is 91.0 Å². The normalized spacial score (nSPS) is 15.9. The zero-order valence-corrected chi connectivity index (χ0v) is 23.8. The van der Waals surface area contributed by atoms with Crippen molar-refractivity contribution in [2.45, 2.75) is 32.6 Å². The van der Waals surface area contributed by atoms with Crippen LogP contribution in [0, 0.1) is 16.7 Å². The Kier molecular flexibility index (Phi) is 7.80. The van der Waals surface area contributed by atoms with E-state index in [1.54, 1.807) is 14.0 Å². The maximum Gasteiger partial charge on any atom is 0.243 e. The molecule has 2 atom stereocenters. The number of amides is 1. The standard InChI is InChI=1S/C35H37N3O2/c1-25(2)27-13-9-14-28(23-27)37-19-21-38(22-20-37)34(39)35(3,24-36)33(31-16-7-8-18-32(31)40-4)30-17-10-12-26-11-5-6-15-29(26)30/h5-18,23,25,33H,19-22H2,1-4H3/t33-,35+/m1/s1. The topological polar surface area (TPSA) is 56.6 Å². The summed E-state index contributed by atoms with van der Waals surface area (Å²) in [5.74, 6) is 0.465. The maximum absolute atomic E-state index is 14.4. The summed E-state index contributed by atoms with van der Waals surface area (Å²) in [7, 11) is 1.64. The van der Waals surface area contributed by atoms with Crippen LogP contribution in [0.2, 0.25) is 0 Å². The lowest BCUT2D eigenvalue weighted by Gasteiger charge is -2.41. The molecule has 5 heteroatoms. The van der Waals surface area contributed by atoms with Crippen LogP contribution in [-0.4, -0.2) is 44.1 Å². The van der Waals surface area contributed by atoms with E-state index in [9.17, 15) is 10.1 Å². The first-order valence-corrected chi connectivity index (χ1v) is 14.0. The van der Waals surface area contributed by atoms with Crippen molar-refractivity contribution >= 4 is 22.4 Å². The number of benzene rings is 4. The zero-order chi connectivity index (χ0) is 28.3. The van der Waals surface area contributed by atoms with E-state index in [2.05, 4.69) is 67.3 Å². The van der Waals surface area contributed by atoms with Crippen molar-refractivity contribution in [3.63, 3.8) is 0 Å². The minimum absolute atomic E-state index is 0.144. The molecule has 0 aromatic heterocycles. The molecule has 40 heavy (non-hydrogen) atoms. The van der Waals surface area contributed by atoms with E-state index in [-0.39, 0.29) is 5.91 Å². The molecule has 1 heterocycles. The summed E-state index contributed by atoms with van der Waals surface area (Å²) in [4.78, 5) is 18.6. The fraction of sp³-hybridized carbons (Fsp3) is 0.314. The Morgan fingerprint density at radius 3 is 2.25 bits per heavy atom. The fourth-order valence-electron chi connectivity index (χ4n) is 6.01. The number of piperazine rings is 1. The number of ether oxygens (including phenoxy) is 1. The Morgan fingerprint density at radius 1 is 0.875 bits per heavy atom. The van der Waals surface area contributed by atoms with Crippen molar-refractivity contribution in [2.24, 2.45) is 5.41 Å². The average Bonchev–Trinajstić information content (AvgIpc) is 3.01. The summed E-state index contributed by atoms with van der Waals surface area (Å²) in [6, 6.07) is 33.2. The molecule has 5 rings (SSSR count). The first-order valence-electron chi connectivity index (χ1n) is 14.0. The average molecular weight is 532 g/mol. The van der Waals surface area contributed by atoms with Gasteiger partial charge in [0.1, 0.15) is 11.2 Å². The molecular formula is C35H37N3O2. The molecule has 1 amide bonds. The molecule has 0 spiro atoms. The largest absolute Gasteiger partial charge is 0.496 e. The van der Waals surface area contributed by atoms with Gasteiger partial charge in [0.2, 0.25) is 5.91 Å². The highest BCUT2D eigenvalue weighted by atomic mass is 16.5. The summed E-state index contributed by atoms with van der Waals surface area (Å²) < 4.78 is 5.77. The van der Waals surface area contributed by atoms with Gasteiger partial charge in [0, 0.05) is 43.3 Å². The Labute approximate surface area is 237 Å². The highest BCUT2D eigenvalue weighted by molar-refractivity contribution is 5.91. The van der Waals surface area contributed by atoms with Crippen molar-refractivity contribution < 1.29 is 9.53 Å². The summed E-state index contributed by atoms with van der Waals surface area (Å²) in [5, 5.41) is 12.9. The number of nitriles is 1. The summed E-state index contributed by atoms with van der Waals surface area (Å²) >= 11 is 0. The van der Waals surface area contributed by atoms with Gasteiger partial charge >= 0.3 is 0 Å². The second kappa shape index (κ2) is 11.4. The third-order valence-corrected chi connectivity index (χ3v) is 8.31. The molecule has 5 nitrogen and oxygen atoms in total. The van der Waals surface area contributed by atoms with Crippen LogP contribution in [0.3, 0.4) is 0 Å². The predicted octanol–water partition coefficient (Wildman–Crippen LogP) is 6.98. The van der Waals surface area contributed by atoms with Crippen LogP contribution >= 0.6 is 0 Å². The van der Waals surface area contributed by atoms with E-state index in [0.717, 1.165) is 35.0 Å². The smallest absolute Gasteiger partial charge is 0.243 e. The number of hydrogen-bond acceptors (Lipinski definition) is 4.